The highest BCUT2D eigenvalue weighted by Crippen LogP contribution is 2.38. The number of ether oxygens (including phenoxy) is 3. The van der Waals surface area contributed by atoms with Crippen molar-refractivity contribution < 1.29 is 19.0 Å². The van der Waals surface area contributed by atoms with Crippen LogP contribution >= 0.6 is 0 Å². The summed E-state index contributed by atoms with van der Waals surface area (Å²) in [4.78, 5) is 36.7. The molecule has 3 aliphatic heterocycles. The van der Waals surface area contributed by atoms with Gasteiger partial charge in [-0.05, 0) is 57.7 Å². The number of aromatic nitrogens is 2. The second-order valence-electron chi connectivity index (χ2n) is 12.5. The molecule has 2 aromatic rings. The zero-order valence-electron chi connectivity index (χ0n) is 24.8. The normalized spacial score (nSPS) is 26.7. The first kappa shape index (κ1) is 28.6. The van der Waals surface area contributed by atoms with Gasteiger partial charge in [0.2, 0.25) is 0 Å². The molecule has 4 heterocycles. The highest BCUT2D eigenvalue weighted by Gasteiger charge is 2.52. The number of hydrogen-bond donors (Lipinski definition) is 0. The molecule has 1 saturated carbocycles. The van der Waals surface area contributed by atoms with E-state index in [2.05, 4.69) is 11.8 Å². The number of carbonyl (C=O) groups is 1. The monoisotopic (exact) mass is 566 g/mol. The molecule has 6 rings (SSSR count). The SMILES string of the molecule is COC(=O)C1CN(c2nc3ccccc3n([C@@H](C)C[C@@H]3CCCN3C3CCCCCCC3)c2=O)CCC12OCCO2. The second kappa shape index (κ2) is 12.4. The van der Waals surface area contributed by atoms with Gasteiger partial charge in [0.25, 0.3) is 5.56 Å². The number of rotatable bonds is 6. The van der Waals surface area contributed by atoms with E-state index in [1.807, 2.05) is 33.7 Å². The van der Waals surface area contributed by atoms with Crippen LogP contribution in [0.4, 0.5) is 5.82 Å². The maximum Gasteiger partial charge on any atom is 0.315 e. The number of benzene rings is 1. The summed E-state index contributed by atoms with van der Waals surface area (Å²) in [5.74, 6) is -1.64. The molecule has 3 saturated heterocycles. The Bertz CT molecular complexity index is 1270. The highest BCUT2D eigenvalue weighted by molar-refractivity contribution is 5.77. The highest BCUT2D eigenvalue weighted by atomic mass is 16.7. The number of fused-ring (bicyclic) bond motifs is 1. The number of carbonyl (C=O) groups excluding carboxylic acids is 1. The van der Waals surface area contributed by atoms with Crippen molar-refractivity contribution >= 4 is 22.8 Å². The Morgan fingerprint density at radius 1 is 1.05 bits per heavy atom. The van der Waals surface area contributed by atoms with Crippen molar-refractivity contribution in [3.05, 3.63) is 34.6 Å². The molecule has 1 aromatic heterocycles. The molecule has 0 radical (unpaired) electrons. The van der Waals surface area contributed by atoms with E-state index in [4.69, 9.17) is 19.2 Å². The van der Waals surface area contributed by atoms with E-state index in [0.29, 0.717) is 44.1 Å². The molecule has 41 heavy (non-hydrogen) atoms. The standard InChI is InChI=1S/C32H46N4O5/c1-23(21-25-13-10-17-35(25)24-11-6-4-3-5-7-12-24)36-28-15-9-8-14-27(28)33-29(30(36)37)34-18-16-32(40-19-20-41-32)26(22-34)31(38)39-2/h8-9,14-15,23-26H,3-7,10-13,16-22H2,1-2H3/t23-,25-,26?/m0/s1. The zero-order chi connectivity index (χ0) is 28.4. The maximum atomic E-state index is 14.3. The van der Waals surface area contributed by atoms with E-state index in [1.54, 1.807) is 0 Å². The van der Waals surface area contributed by atoms with Crippen LogP contribution in [0.2, 0.25) is 0 Å². The van der Waals surface area contributed by atoms with Crippen molar-refractivity contribution in [2.45, 2.75) is 101 Å². The smallest absolute Gasteiger partial charge is 0.315 e. The van der Waals surface area contributed by atoms with Gasteiger partial charge in [-0.3, -0.25) is 14.5 Å². The fourth-order valence-electron chi connectivity index (χ4n) is 7.96. The molecule has 9 nitrogen and oxygen atoms in total. The first-order valence-corrected chi connectivity index (χ1v) is 15.9. The van der Waals surface area contributed by atoms with E-state index < -0.39 is 11.7 Å². The van der Waals surface area contributed by atoms with Gasteiger partial charge in [-0.25, -0.2) is 4.98 Å². The first-order chi connectivity index (χ1) is 20.0. The van der Waals surface area contributed by atoms with Gasteiger partial charge in [0.1, 0.15) is 5.92 Å². The van der Waals surface area contributed by atoms with Crippen LogP contribution in [0.1, 0.15) is 83.6 Å². The van der Waals surface area contributed by atoms with Gasteiger partial charge in [0.15, 0.2) is 11.6 Å². The van der Waals surface area contributed by atoms with E-state index in [-0.39, 0.29) is 24.1 Å². The number of anilines is 1. The minimum atomic E-state index is -0.990. The molecule has 0 bridgehead atoms. The van der Waals surface area contributed by atoms with Crippen LogP contribution < -0.4 is 10.5 Å². The van der Waals surface area contributed by atoms with E-state index >= 15 is 0 Å². The van der Waals surface area contributed by atoms with Crippen molar-refractivity contribution in [3.8, 4) is 0 Å². The number of methoxy groups -OCH3 is 1. The summed E-state index contributed by atoms with van der Waals surface area (Å²) < 4.78 is 19.0. The quantitative estimate of drug-likeness (QED) is 0.467. The third-order valence-corrected chi connectivity index (χ3v) is 10.0. The van der Waals surface area contributed by atoms with Crippen molar-refractivity contribution in [1.82, 2.24) is 14.5 Å². The number of para-hydroxylation sites is 2. The lowest BCUT2D eigenvalue weighted by atomic mass is 9.90. The van der Waals surface area contributed by atoms with Gasteiger partial charge in [0, 0.05) is 37.6 Å². The predicted octanol–water partition coefficient (Wildman–Crippen LogP) is 4.67. The Labute approximate surface area is 243 Å². The lowest BCUT2D eigenvalue weighted by molar-refractivity contribution is -0.214. The van der Waals surface area contributed by atoms with Gasteiger partial charge in [-0.2, -0.15) is 0 Å². The van der Waals surface area contributed by atoms with Crippen LogP contribution in [0.5, 0.6) is 0 Å². The van der Waals surface area contributed by atoms with E-state index in [0.717, 1.165) is 17.5 Å². The fourth-order valence-corrected chi connectivity index (χ4v) is 7.96. The molecule has 0 amide bonds. The van der Waals surface area contributed by atoms with Gasteiger partial charge in [-0.15, -0.1) is 0 Å². The van der Waals surface area contributed by atoms with Crippen LogP contribution in [0.3, 0.4) is 0 Å². The van der Waals surface area contributed by atoms with Crippen LogP contribution in [-0.4, -0.2) is 78.2 Å². The largest absolute Gasteiger partial charge is 0.469 e. The number of esters is 1. The molecule has 3 atom stereocenters. The molecular formula is C32H46N4O5. The summed E-state index contributed by atoms with van der Waals surface area (Å²) in [6, 6.07) is 9.11. The molecule has 1 spiro atoms. The number of nitrogens with zero attached hydrogens (tertiary/aromatic N) is 4. The number of likely N-dealkylation sites (tertiary alicyclic amines) is 1. The number of hydrogen-bond acceptors (Lipinski definition) is 8. The Hall–Kier alpha value is -2.49. The van der Waals surface area contributed by atoms with Gasteiger partial charge in [-0.1, -0.05) is 44.2 Å². The van der Waals surface area contributed by atoms with E-state index in [9.17, 15) is 9.59 Å². The van der Waals surface area contributed by atoms with Crippen LogP contribution in [-0.2, 0) is 19.0 Å². The average molecular weight is 567 g/mol. The summed E-state index contributed by atoms with van der Waals surface area (Å²) in [5.41, 5.74) is 1.56. The topological polar surface area (TPSA) is 86.1 Å². The lowest BCUT2D eigenvalue weighted by Gasteiger charge is -2.42. The van der Waals surface area contributed by atoms with Crippen LogP contribution in [0.15, 0.2) is 29.1 Å². The average Bonchev–Trinajstić information content (AvgIpc) is 3.63. The predicted molar refractivity (Wildman–Crippen MR) is 158 cm³/mol. The molecule has 9 heteroatoms. The summed E-state index contributed by atoms with van der Waals surface area (Å²) in [7, 11) is 1.38. The van der Waals surface area contributed by atoms with Gasteiger partial charge < -0.3 is 23.7 Å². The Balaban J connectivity index is 1.29. The minimum absolute atomic E-state index is 0.0161. The molecule has 1 aliphatic carbocycles. The molecular weight excluding hydrogens is 520 g/mol. The van der Waals surface area contributed by atoms with Crippen molar-refractivity contribution in [2.24, 2.45) is 5.92 Å². The molecule has 4 fully saturated rings. The van der Waals surface area contributed by atoms with Crippen LogP contribution in [0, 0.1) is 5.92 Å². The van der Waals surface area contributed by atoms with Gasteiger partial charge in [0.05, 0.1) is 31.4 Å². The zero-order valence-corrected chi connectivity index (χ0v) is 24.8. The minimum Gasteiger partial charge on any atom is -0.469 e. The lowest BCUT2D eigenvalue weighted by Crippen LogP contribution is -2.57. The molecule has 224 valence electrons. The molecule has 1 unspecified atom stereocenters. The van der Waals surface area contributed by atoms with Gasteiger partial charge >= 0.3 is 5.97 Å². The third kappa shape index (κ3) is 5.65. The van der Waals surface area contributed by atoms with Crippen molar-refractivity contribution in [1.29, 1.82) is 0 Å². The first-order valence-electron chi connectivity index (χ1n) is 15.9. The Morgan fingerprint density at radius 2 is 1.78 bits per heavy atom. The molecule has 1 aromatic carbocycles. The third-order valence-electron chi connectivity index (χ3n) is 10.0. The fraction of sp³-hybridized carbons (Fsp3) is 0.719. The summed E-state index contributed by atoms with van der Waals surface area (Å²) in [6.07, 6.45) is 13.2. The van der Waals surface area contributed by atoms with Crippen LogP contribution in [0.25, 0.3) is 11.0 Å². The summed E-state index contributed by atoms with van der Waals surface area (Å²) >= 11 is 0. The number of piperidine rings is 1. The Kier molecular flexibility index (Phi) is 8.65. The summed E-state index contributed by atoms with van der Waals surface area (Å²) in [5, 5.41) is 0. The van der Waals surface area contributed by atoms with E-state index in [1.165, 1.54) is 71.4 Å². The molecule has 0 N–H and O–H groups in total. The molecule has 4 aliphatic rings. The van der Waals surface area contributed by atoms with Crippen molar-refractivity contribution in [2.75, 3.05) is 44.9 Å². The maximum absolute atomic E-state index is 14.3. The Morgan fingerprint density at radius 3 is 2.54 bits per heavy atom. The van der Waals surface area contributed by atoms with Crippen molar-refractivity contribution in [3.63, 3.8) is 0 Å². The summed E-state index contributed by atoms with van der Waals surface area (Å²) in [6.45, 7) is 5.04. The second-order valence-corrected chi connectivity index (χ2v) is 12.5.